The summed E-state index contributed by atoms with van der Waals surface area (Å²) >= 11 is 18.8. The first-order valence-electron chi connectivity index (χ1n) is 8.71. The zero-order chi connectivity index (χ0) is 21.3. The van der Waals surface area contributed by atoms with Crippen LogP contribution in [0, 0.1) is 11.8 Å². The minimum absolute atomic E-state index is 0.0782. The van der Waals surface area contributed by atoms with Crippen molar-refractivity contribution in [1.29, 1.82) is 0 Å². The molecule has 1 aromatic carbocycles. The molecule has 0 aromatic heterocycles. The Morgan fingerprint density at radius 2 is 1.69 bits per heavy atom. The van der Waals surface area contributed by atoms with Gasteiger partial charge < -0.3 is 10.1 Å². The second-order valence-electron chi connectivity index (χ2n) is 6.81. The van der Waals surface area contributed by atoms with E-state index in [0.29, 0.717) is 17.9 Å². The standard InChI is InChI=1S/C18H16Br2Cl2N2O5/c19-11-4-9-10(5-12(11)20)18(28)24(17(9)27)6-16(26)29-7-15(25)23-14-3-8(21)1-2-13(14)22/h1-3,9-12H,4-7H2,(H,23,25)/t9-,10+,11-,12-/m0/s1. The Morgan fingerprint density at radius 1 is 1.10 bits per heavy atom. The minimum Gasteiger partial charge on any atom is -0.454 e. The van der Waals surface area contributed by atoms with Gasteiger partial charge in [0.15, 0.2) is 6.61 Å². The summed E-state index contributed by atoms with van der Waals surface area (Å²) in [6.45, 7) is -1.10. The Balaban J connectivity index is 1.53. The van der Waals surface area contributed by atoms with Gasteiger partial charge in [-0.2, -0.15) is 0 Å². The topological polar surface area (TPSA) is 92.8 Å². The number of fused-ring (bicyclic) bond motifs is 1. The van der Waals surface area contributed by atoms with E-state index in [4.69, 9.17) is 27.9 Å². The number of ether oxygens (including phenoxy) is 1. The molecule has 2 fully saturated rings. The van der Waals surface area contributed by atoms with Gasteiger partial charge in [0.2, 0.25) is 11.8 Å². The molecule has 4 atom stereocenters. The normalized spacial score (nSPS) is 26.3. The maximum absolute atomic E-state index is 12.5. The van der Waals surface area contributed by atoms with E-state index < -0.39 is 36.9 Å². The second-order valence-corrected chi connectivity index (χ2v) is 10.0. The highest BCUT2D eigenvalue weighted by Crippen LogP contribution is 2.43. The predicted octanol–water partition coefficient (Wildman–Crippen LogP) is 3.40. The third-order valence-electron chi connectivity index (χ3n) is 4.86. The number of imide groups is 1. The van der Waals surface area contributed by atoms with Crippen LogP contribution in [0.4, 0.5) is 5.69 Å². The van der Waals surface area contributed by atoms with E-state index in [1.54, 1.807) is 6.07 Å². The Morgan fingerprint density at radius 3 is 2.28 bits per heavy atom. The number of esters is 1. The van der Waals surface area contributed by atoms with Crippen molar-refractivity contribution in [2.24, 2.45) is 11.8 Å². The van der Waals surface area contributed by atoms with Gasteiger partial charge in [0.1, 0.15) is 6.54 Å². The molecule has 11 heteroatoms. The highest BCUT2D eigenvalue weighted by Gasteiger charge is 2.52. The highest BCUT2D eigenvalue weighted by molar-refractivity contribution is 9.12. The molecule has 2 aliphatic rings. The summed E-state index contributed by atoms with van der Waals surface area (Å²) in [6.07, 6.45) is 1.03. The Labute approximate surface area is 193 Å². The third-order valence-corrected chi connectivity index (χ3v) is 8.15. The molecule has 3 amide bonds. The number of anilines is 1. The minimum atomic E-state index is -0.844. The van der Waals surface area contributed by atoms with E-state index >= 15 is 0 Å². The molecular formula is C18H16Br2Cl2N2O5. The molecule has 1 aliphatic carbocycles. The fourth-order valence-electron chi connectivity index (χ4n) is 3.42. The van der Waals surface area contributed by atoms with Crippen LogP contribution in [0.2, 0.25) is 10.0 Å². The van der Waals surface area contributed by atoms with Crippen LogP contribution in [0.1, 0.15) is 12.8 Å². The Kier molecular flexibility index (Phi) is 7.24. The van der Waals surface area contributed by atoms with Crippen LogP contribution in [-0.2, 0) is 23.9 Å². The number of benzene rings is 1. The fraction of sp³-hybridized carbons (Fsp3) is 0.444. The van der Waals surface area contributed by atoms with E-state index in [-0.39, 0.29) is 32.2 Å². The molecule has 0 bridgehead atoms. The van der Waals surface area contributed by atoms with E-state index in [1.807, 2.05) is 0 Å². The van der Waals surface area contributed by atoms with Crippen molar-refractivity contribution in [3.8, 4) is 0 Å². The van der Waals surface area contributed by atoms with E-state index in [0.717, 1.165) is 4.90 Å². The summed E-state index contributed by atoms with van der Waals surface area (Å²) in [7, 11) is 0. The molecule has 3 rings (SSSR count). The summed E-state index contributed by atoms with van der Waals surface area (Å²) in [6, 6.07) is 4.54. The van der Waals surface area contributed by atoms with Gasteiger partial charge >= 0.3 is 5.97 Å². The summed E-state index contributed by atoms with van der Waals surface area (Å²) in [5, 5.41) is 3.14. The lowest BCUT2D eigenvalue weighted by Gasteiger charge is -2.29. The van der Waals surface area contributed by atoms with Crippen LogP contribution in [-0.4, -0.2) is 51.4 Å². The number of carbonyl (C=O) groups excluding carboxylic acids is 4. The third kappa shape index (κ3) is 5.13. The maximum Gasteiger partial charge on any atom is 0.326 e. The van der Waals surface area contributed by atoms with Crippen LogP contribution in [0.3, 0.4) is 0 Å². The van der Waals surface area contributed by atoms with Crippen molar-refractivity contribution in [1.82, 2.24) is 4.90 Å². The Hall–Kier alpha value is -1.16. The molecule has 7 nitrogen and oxygen atoms in total. The number of alkyl halides is 2. The average molecular weight is 571 g/mol. The number of carbonyl (C=O) groups is 4. The number of halogens is 4. The molecule has 1 N–H and O–H groups in total. The lowest BCUT2D eigenvalue weighted by atomic mass is 9.81. The summed E-state index contributed by atoms with van der Waals surface area (Å²) in [4.78, 5) is 50.2. The van der Waals surface area contributed by atoms with Gasteiger partial charge in [0, 0.05) is 14.7 Å². The molecular weight excluding hydrogens is 555 g/mol. The molecule has 156 valence electrons. The van der Waals surface area contributed by atoms with Gasteiger partial charge in [-0.05, 0) is 31.0 Å². The maximum atomic E-state index is 12.5. The molecule has 29 heavy (non-hydrogen) atoms. The van der Waals surface area contributed by atoms with Crippen molar-refractivity contribution in [3.05, 3.63) is 28.2 Å². The summed E-state index contributed by atoms with van der Waals surface area (Å²) in [5.41, 5.74) is 0.280. The number of nitrogens with zero attached hydrogens (tertiary/aromatic N) is 1. The number of hydrogen-bond acceptors (Lipinski definition) is 5. The van der Waals surface area contributed by atoms with Crippen LogP contribution in [0.5, 0.6) is 0 Å². The van der Waals surface area contributed by atoms with Crippen molar-refractivity contribution in [2.75, 3.05) is 18.5 Å². The lowest BCUT2D eigenvalue weighted by Crippen LogP contribution is -2.37. The van der Waals surface area contributed by atoms with E-state index in [9.17, 15) is 19.2 Å². The van der Waals surface area contributed by atoms with E-state index in [1.165, 1.54) is 12.1 Å². The first kappa shape index (κ1) is 22.5. The summed E-state index contributed by atoms with van der Waals surface area (Å²) in [5.74, 6) is -3.11. The fourth-order valence-corrected chi connectivity index (χ4v) is 4.99. The summed E-state index contributed by atoms with van der Waals surface area (Å²) < 4.78 is 4.91. The molecule has 1 aliphatic heterocycles. The van der Waals surface area contributed by atoms with Crippen LogP contribution >= 0.6 is 55.1 Å². The first-order chi connectivity index (χ1) is 13.7. The van der Waals surface area contributed by atoms with Crippen molar-refractivity contribution < 1.29 is 23.9 Å². The lowest BCUT2D eigenvalue weighted by molar-refractivity contribution is -0.154. The number of amides is 3. The number of hydrogen-bond donors (Lipinski definition) is 1. The number of likely N-dealkylation sites (tertiary alicyclic amines) is 1. The SMILES string of the molecule is O=C(COC(=O)CN1C(=O)[C@H]2C[C@H](Br)[C@@H](Br)C[C@H]2C1=O)Nc1cc(Cl)ccc1Cl. The largest absolute Gasteiger partial charge is 0.454 e. The van der Waals surface area contributed by atoms with Gasteiger partial charge in [-0.15, -0.1) is 0 Å². The molecule has 1 saturated carbocycles. The smallest absolute Gasteiger partial charge is 0.326 e. The van der Waals surface area contributed by atoms with Crippen LogP contribution < -0.4 is 5.32 Å². The van der Waals surface area contributed by atoms with E-state index in [2.05, 4.69) is 37.2 Å². The highest BCUT2D eigenvalue weighted by atomic mass is 79.9. The van der Waals surface area contributed by atoms with Crippen molar-refractivity contribution >= 4 is 84.4 Å². The van der Waals surface area contributed by atoms with Gasteiger partial charge in [0.05, 0.1) is 22.5 Å². The van der Waals surface area contributed by atoms with Gasteiger partial charge in [-0.25, -0.2) is 0 Å². The zero-order valence-corrected chi connectivity index (χ0v) is 19.6. The number of rotatable bonds is 5. The second kappa shape index (κ2) is 9.32. The molecule has 0 unspecified atom stereocenters. The monoisotopic (exact) mass is 568 g/mol. The molecule has 1 heterocycles. The van der Waals surface area contributed by atoms with Crippen LogP contribution in [0.15, 0.2) is 18.2 Å². The molecule has 1 saturated heterocycles. The zero-order valence-electron chi connectivity index (χ0n) is 14.9. The molecule has 0 spiro atoms. The number of nitrogens with one attached hydrogen (secondary N) is 1. The first-order valence-corrected chi connectivity index (χ1v) is 11.3. The predicted molar refractivity (Wildman–Crippen MR) is 114 cm³/mol. The molecule has 1 aromatic rings. The van der Waals surface area contributed by atoms with Crippen molar-refractivity contribution in [3.63, 3.8) is 0 Å². The van der Waals surface area contributed by atoms with Crippen LogP contribution in [0.25, 0.3) is 0 Å². The van der Waals surface area contributed by atoms with Gasteiger partial charge in [-0.1, -0.05) is 55.1 Å². The van der Waals surface area contributed by atoms with Gasteiger partial charge in [-0.3, -0.25) is 24.1 Å². The molecule has 0 radical (unpaired) electrons. The Bertz CT molecular complexity index is 841. The van der Waals surface area contributed by atoms with Crippen molar-refractivity contribution in [2.45, 2.75) is 22.5 Å². The quantitative estimate of drug-likeness (QED) is 0.333. The average Bonchev–Trinajstić information content (AvgIpc) is 2.88. The van der Waals surface area contributed by atoms with Gasteiger partial charge in [0.25, 0.3) is 5.91 Å².